The number of hydrogen-bond donors (Lipinski definition) is 1. The third-order valence-electron chi connectivity index (χ3n) is 2.63. The Balaban J connectivity index is 1.90. The maximum atomic E-state index is 4.29. The minimum absolute atomic E-state index is 0.535. The molecular weight excluding hydrogens is 176 g/mol. The molecule has 1 fully saturated rings. The van der Waals surface area contributed by atoms with Crippen molar-refractivity contribution in [2.75, 3.05) is 26.7 Å². The molecular formula is C10H18N4. The molecule has 1 saturated heterocycles. The van der Waals surface area contributed by atoms with Crippen LogP contribution in [-0.4, -0.2) is 47.4 Å². The lowest BCUT2D eigenvalue weighted by Crippen LogP contribution is -2.50. The largest absolute Gasteiger partial charge is 0.310 e. The topological polar surface area (TPSA) is 33.1 Å². The number of aromatic nitrogens is 2. The van der Waals surface area contributed by atoms with E-state index in [0.29, 0.717) is 6.04 Å². The normalized spacial score (nSPS) is 24.0. The Bertz CT molecular complexity index is 294. The Morgan fingerprint density at radius 2 is 2.50 bits per heavy atom. The summed E-state index contributed by atoms with van der Waals surface area (Å²) in [5.74, 6) is 0. The zero-order valence-electron chi connectivity index (χ0n) is 8.90. The van der Waals surface area contributed by atoms with E-state index in [1.165, 1.54) is 5.56 Å². The standard InChI is InChI=1S/C10H18N4/c1-9-5-12-14(6-9)8-10-7-13(2)4-3-11-10/h5-6,10-11H,3-4,7-8H2,1-2H3. The van der Waals surface area contributed by atoms with Gasteiger partial charge in [-0.25, -0.2) is 0 Å². The van der Waals surface area contributed by atoms with Crippen molar-refractivity contribution in [1.82, 2.24) is 20.0 Å². The summed E-state index contributed by atoms with van der Waals surface area (Å²) in [4.78, 5) is 2.36. The second-order valence-corrected chi connectivity index (χ2v) is 4.15. The van der Waals surface area contributed by atoms with Gasteiger partial charge in [-0.3, -0.25) is 4.68 Å². The fourth-order valence-electron chi connectivity index (χ4n) is 1.91. The molecule has 1 aliphatic heterocycles. The molecule has 2 heterocycles. The van der Waals surface area contributed by atoms with Gasteiger partial charge in [0.25, 0.3) is 0 Å². The Morgan fingerprint density at radius 3 is 3.14 bits per heavy atom. The number of hydrogen-bond acceptors (Lipinski definition) is 3. The van der Waals surface area contributed by atoms with E-state index >= 15 is 0 Å². The molecule has 0 bridgehead atoms. The molecule has 1 aromatic rings. The number of piperazine rings is 1. The quantitative estimate of drug-likeness (QED) is 0.724. The lowest BCUT2D eigenvalue weighted by molar-refractivity contribution is 0.221. The van der Waals surface area contributed by atoms with Crippen LogP contribution in [0, 0.1) is 6.92 Å². The van der Waals surface area contributed by atoms with E-state index in [1.54, 1.807) is 0 Å². The highest BCUT2D eigenvalue weighted by atomic mass is 15.3. The van der Waals surface area contributed by atoms with Gasteiger partial charge in [0.2, 0.25) is 0 Å². The minimum Gasteiger partial charge on any atom is -0.310 e. The van der Waals surface area contributed by atoms with Crippen LogP contribution in [0.4, 0.5) is 0 Å². The molecule has 1 unspecified atom stereocenters. The molecule has 0 spiro atoms. The number of likely N-dealkylation sites (N-methyl/N-ethyl adjacent to an activating group) is 1. The van der Waals surface area contributed by atoms with Crippen LogP contribution in [0.25, 0.3) is 0 Å². The second-order valence-electron chi connectivity index (χ2n) is 4.15. The monoisotopic (exact) mass is 194 g/mol. The first-order chi connectivity index (χ1) is 6.74. The summed E-state index contributed by atoms with van der Waals surface area (Å²) >= 11 is 0. The minimum atomic E-state index is 0.535. The summed E-state index contributed by atoms with van der Waals surface area (Å²) in [6.07, 6.45) is 4.00. The van der Waals surface area contributed by atoms with E-state index in [1.807, 2.05) is 10.9 Å². The Hall–Kier alpha value is -0.870. The van der Waals surface area contributed by atoms with Gasteiger partial charge >= 0.3 is 0 Å². The first kappa shape index (κ1) is 9.68. The maximum absolute atomic E-state index is 4.29. The van der Waals surface area contributed by atoms with Crippen molar-refractivity contribution < 1.29 is 0 Å². The predicted octanol–water partition coefficient (Wildman–Crippen LogP) is 0.0951. The van der Waals surface area contributed by atoms with Gasteiger partial charge in [0.1, 0.15) is 0 Å². The second kappa shape index (κ2) is 4.11. The van der Waals surface area contributed by atoms with Crippen molar-refractivity contribution in [3.63, 3.8) is 0 Å². The van der Waals surface area contributed by atoms with Crippen LogP contribution in [0.3, 0.4) is 0 Å². The molecule has 2 rings (SSSR count). The average Bonchev–Trinajstić information content (AvgIpc) is 2.51. The van der Waals surface area contributed by atoms with E-state index in [4.69, 9.17) is 0 Å². The smallest absolute Gasteiger partial charge is 0.0575 e. The lowest BCUT2D eigenvalue weighted by Gasteiger charge is -2.30. The maximum Gasteiger partial charge on any atom is 0.0575 e. The van der Waals surface area contributed by atoms with E-state index in [9.17, 15) is 0 Å². The van der Waals surface area contributed by atoms with E-state index in [0.717, 1.165) is 26.2 Å². The molecule has 0 saturated carbocycles. The van der Waals surface area contributed by atoms with Crippen molar-refractivity contribution in [3.8, 4) is 0 Å². The third kappa shape index (κ3) is 2.33. The van der Waals surface area contributed by atoms with Gasteiger partial charge in [-0.2, -0.15) is 5.10 Å². The van der Waals surface area contributed by atoms with Crippen LogP contribution in [-0.2, 0) is 6.54 Å². The number of aryl methyl sites for hydroxylation is 1. The Kier molecular flexibility index (Phi) is 2.84. The van der Waals surface area contributed by atoms with Crippen molar-refractivity contribution in [3.05, 3.63) is 18.0 Å². The molecule has 14 heavy (non-hydrogen) atoms. The molecule has 1 atom stereocenters. The van der Waals surface area contributed by atoms with Crippen LogP contribution in [0.1, 0.15) is 5.56 Å². The van der Waals surface area contributed by atoms with Crippen LogP contribution in [0.15, 0.2) is 12.4 Å². The summed E-state index contributed by atoms with van der Waals surface area (Å²) in [7, 11) is 2.17. The Labute approximate surface area is 84.9 Å². The molecule has 4 nitrogen and oxygen atoms in total. The highest BCUT2D eigenvalue weighted by Gasteiger charge is 2.16. The van der Waals surface area contributed by atoms with Crippen molar-refractivity contribution >= 4 is 0 Å². The van der Waals surface area contributed by atoms with E-state index in [2.05, 4.69) is 35.5 Å². The van der Waals surface area contributed by atoms with Crippen molar-refractivity contribution in [1.29, 1.82) is 0 Å². The molecule has 1 aromatic heterocycles. The van der Waals surface area contributed by atoms with E-state index in [-0.39, 0.29) is 0 Å². The van der Waals surface area contributed by atoms with Gasteiger partial charge in [0, 0.05) is 31.9 Å². The van der Waals surface area contributed by atoms with Crippen LogP contribution >= 0.6 is 0 Å². The fraction of sp³-hybridized carbons (Fsp3) is 0.700. The van der Waals surface area contributed by atoms with Crippen molar-refractivity contribution in [2.45, 2.75) is 19.5 Å². The number of nitrogens with zero attached hydrogens (tertiary/aromatic N) is 3. The van der Waals surface area contributed by atoms with Crippen LogP contribution < -0.4 is 5.32 Å². The average molecular weight is 194 g/mol. The van der Waals surface area contributed by atoms with Gasteiger partial charge in [0.15, 0.2) is 0 Å². The SMILES string of the molecule is Cc1cnn(CC2CN(C)CCN2)c1. The van der Waals surface area contributed by atoms with Crippen LogP contribution in [0.2, 0.25) is 0 Å². The van der Waals surface area contributed by atoms with E-state index < -0.39 is 0 Å². The summed E-state index contributed by atoms with van der Waals surface area (Å²) in [5.41, 5.74) is 1.23. The van der Waals surface area contributed by atoms with Crippen molar-refractivity contribution in [2.24, 2.45) is 0 Å². The van der Waals surface area contributed by atoms with Gasteiger partial charge in [-0.15, -0.1) is 0 Å². The molecule has 0 amide bonds. The molecule has 0 radical (unpaired) electrons. The molecule has 0 aliphatic carbocycles. The zero-order chi connectivity index (χ0) is 9.97. The molecule has 1 aliphatic rings. The first-order valence-corrected chi connectivity index (χ1v) is 5.15. The van der Waals surface area contributed by atoms with Gasteiger partial charge in [-0.05, 0) is 19.5 Å². The van der Waals surface area contributed by atoms with Gasteiger partial charge in [-0.1, -0.05) is 0 Å². The third-order valence-corrected chi connectivity index (χ3v) is 2.63. The number of nitrogens with one attached hydrogen (secondary N) is 1. The molecule has 0 aromatic carbocycles. The molecule has 1 N–H and O–H groups in total. The zero-order valence-corrected chi connectivity index (χ0v) is 8.90. The lowest BCUT2D eigenvalue weighted by atomic mass is 10.2. The summed E-state index contributed by atoms with van der Waals surface area (Å²) < 4.78 is 2.02. The first-order valence-electron chi connectivity index (χ1n) is 5.15. The van der Waals surface area contributed by atoms with Gasteiger partial charge in [0.05, 0.1) is 12.7 Å². The molecule has 4 heteroatoms. The van der Waals surface area contributed by atoms with Crippen LogP contribution in [0.5, 0.6) is 0 Å². The number of rotatable bonds is 2. The highest BCUT2D eigenvalue weighted by Crippen LogP contribution is 2.01. The summed E-state index contributed by atoms with van der Waals surface area (Å²) in [5, 5.41) is 7.80. The molecule has 78 valence electrons. The highest BCUT2D eigenvalue weighted by molar-refractivity contribution is 4.99. The summed E-state index contributed by atoms with van der Waals surface area (Å²) in [6, 6.07) is 0.535. The Morgan fingerprint density at radius 1 is 1.64 bits per heavy atom. The summed E-state index contributed by atoms with van der Waals surface area (Å²) in [6.45, 7) is 6.39. The van der Waals surface area contributed by atoms with Gasteiger partial charge < -0.3 is 10.2 Å². The fourth-order valence-corrected chi connectivity index (χ4v) is 1.91. The predicted molar refractivity (Wildman–Crippen MR) is 56.3 cm³/mol.